The standard InChI is InChI=1S/C29H26F9N7/c1-17-10-22-24(4-3-9-44(15-18-5-7-39-8-6-18)25(22)14-23(17)29(36,37)38)45(26-40-42-43(2)41-26)16-19-11-20(27(30,31)32)13-21(12-19)28(33,34)35/h5-8,10-14,24H,3-4,9,15-16H2,1-2H3. The van der Waals surface area contributed by atoms with E-state index in [0.717, 1.165) is 16.4 Å². The highest BCUT2D eigenvalue weighted by Gasteiger charge is 2.39. The van der Waals surface area contributed by atoms with Crippen molar-refractivity contribution in [3.05, 3.63) is 93.8 Å². The molecule has 1 atom stereocenters. The van der Waals surface area contributed by atoms with Gasteiger partial charge in [0, 0.05) is 37.7 Å². The molecule has 0 saturated heterocycles. The molecule has 45 heavy (non-hydrogen) atoms. The van der Waals surface area contributed by atoms with Crippen LogP contribution in [0.3, 0.4) is 0 Å². The second-order valence-corrected chi connectivity index (χ2v) is 10.8. The van der Waals surface area contributed by atoms with Crippen molar-refractivity contribution in [2.45, 2.75) is 57.4 Å². The van der Waals surface area contributed by atoms with Gasteiger partial charge in [-0.3, -0.25) is 4.98 Å². The van der Waals surface area contributed by atoms with Crippen molar-refractivity contribution in [2.75, 3.05) is 16.3 Å². The minimum atomic E-state index is -5.07. The molecule has 0 spiro atoms. The van der Waals surface area contributed by atoms with Gasteiger partial charge in [-0.15, -0.1) is 5.10 Å². The fraction of sp³-hybridized carbons (Fsp3) is 0.379. The first-order valence-corrected chi connectivity index (χ1v) is 13.7. The molecule has 5 rings (SSSR count). The minimum absolute atomic E-state index is 0.0361. The summed E-state index contributed by atoms with van der Waals surface area (Å²) < 4.78 is 124. The number of rotatable bonds is 6. The second-order valence-electron chi connectivity index (χ2n) is 10.8. The van der Waals surface area contributed by atoms with Gasteiger partial charge in [0.1, 0.15) is 0 Å². The first kappa shape index (κ1) is 32.0. The lowest BCUT2D eigenvalue weighted by molar-refractivity contribution is -0.143. The van der Waals surface area contributed by atoms with Crippen LogP contribution in [0.25, 0.3) is 0 Å². The van der Waals surface area contributed by atoms with Gasteiger partial charge in [0.2, 0.25) is 0 Å². The van der Waals surface area contributed by atoms with Crippen LogP contribution in [-0.2, 0) is 38.7 Å². The number of aromatic nitrogens is 5. The maximum atomic E-state index is 14.1. The Morgan fingerprint density at radius 1 is 0.844 bits per heavy atom. The number of fused-ring (bicyclic) bond motifs is 1. The van der Waals surface area contributed by atoms with Crippen LogP contribution in [-0.4, -0.2) is 31.7 Å². The quantitative estimate of drug-likeness (QED) is 0.203. The molecule has 2 aromatic heterocycles. The Balaban J connectivity index is 1.67. The molecule has 0 aliphatic carbocycles. The van der Waals surface area contributed by atoms with Gasteiger partial charge in [0.05, 0.1) is 29.8 Å². The Labute approximate surface area is 251 Å². The van der Waals surface area contributed by atoms with Crippen molar-refractivity contribution in [3.63, 3.8) is 0 Å². The predicted octanol–water partition coefficient (Wildman–Crippen LogP) is 7.52. The van der Waals surface area contributed by atoms with Crippen LogP contribution in [0, 0.1) is 6.92 Å². The minimum Gasteiger partial charge on any atom is -0.367 e. The van der Waals surface area contributed by atoms with E-state index in [4.69, 9.17) is 0 Å². The Morgan fingerprint density at radius 2 is 1.49 bits per heavy atom. The van der Waals surface area contributed by atoms with E-state index in [2.05, 4.69) is 20.4 Å². The molecule has 2 aromatic carbocycles. The molecule has 3 heterocycles. The third-order valence-corrected chi connectivity index (χ3v) is 7.54. The first-order chi connectivity index (χ1) is 21.0. The summed E-state index contributed by atoms with van der Waals surface area (Å²) >= 11 is 0. The molecule has 1 unspecified atom stereocenters. The summed E-state index contributed by atoms with van der Waals surface area (Å²) in [5, 5.41) is 11.9. The topological polar surface area (TPSA) is 63.0 Å². The van der Waals surface area contributed by atoms with Gasteiger partial charge in [-0.1, -0.05) is 11.2 Å². The van der Waals surface area contributed by atoms with Gasteiger partial charge < -0.3 is 9.80 Å². The Morgan fingerprint density at radius 3 is 2.04 bits per heavy atom. The SMILES string of the molecule is Cc1cc2c(cc1C(F)(F)F)N(Cc1ccncc1)CCCC2N(Cc1cc(C(F)(F)F)cc(C(F)(F)F)c1)c1nnn(C)n1. The highest BCUT2D eigenvalue weighted by molar-refractivity contribution is 5.62. The molecular weight excluding hydrogens is 617 g/mol. The molecular formula is C29H26F9N7. The number of halogens is 9. The summed E-state index contributed by atoms with van der Waals surface area (Å²) in [7, 11) is 1.43. The van der Waals surface area contributed by atoms with Crippen LogP contribution in [0.15, 0.2) is 54.9 Å². The van der Waals surface area contributed by atoms with E-state index >= 15 is 0 Å². The number of hydrogen-bond acceptors (Lipinski definition) is 6. The summed E-state index contributed by atoms with van der Waals surface area (Å²) in [6.45, 7) is 1.32. The molecule has 240 valence electrons. The molecule has 0 fully saturated rings. The predicted molar refractivity (Wildman–Crippen MR) is 145 cm³/mol. The summed E-state index contributed by atoms with van der Waals surface area (Å²) in [6, 6.07) is 6.28. The number of aryl methyl sites for hydroxylation is 2. The van der Waals surface area contributed by atoms with Gasteiger partial charge in [-0.25, -0.2) is 0 Å². The van der Waals surface area contributed by atoms with Crippen LogP contribution in [0.2, 0.25) is 0 Å². The lowest BCUT2D eigenvalue weighted by Crippen LogP contribution is -2.30. The Hall–Kier alpha value is -4.37. The van der Waals surface area contributed by atoms with Crippen LogP contribution < -0.4 is 9.80 Å². The third-order valence-electron chi connectivity index (χ3n) is 7.54. The average molecular weight is 644 g/mol. The van der Waals surface area contributed by atoms with Gasteiger partial charge in [-0.2, -0.15) is 44.3 Å². The molecule has 1 aliphatic rings. The van der Waals surface area contributed by atoms with Crippen molar-refractivity contribution in [2.24, 2.45) is 7.05 Å². The van der Waals surface area contributed by atoms with E-state index in [-0.39, 0.29) is 41.8 Å². The number of tetrazole rings is 1. The maximum absolute atomic E-state index is 14.1. The summed E-state index contributed by atoms with van der Waals surface area (Å²) in [5.74, 6) is -0.112. The lowest BCUT2D eigenvalue weighted by Gasteiger charge is -2.33. The van der Waals surface area contributed by atoms with Crippen LogP contribution >= 0.6 is 0 Å². The average Bonchev–Trinajstić information content (AvgIpc) is 3.30. The fourth-order valence-corrected chi connectivity index (χ4v) is 5.53. The molecule has 0 saturated carbocycles. The number of hydrogen-bond donors (Lipinski definition) is 0. The molecule has 4 aromatic rings. The van der Waals surface area contributed by atoms with E-state index in [1.807, 2.05) is 0 Å². The van der Waals surface area contributed by atoms with Crippen LogP contribution in [0.5, 0.6) is 0 Å². The van der Waals surface area contributed by atoms with Gasteiger partial charge in [0.25, 0.3) is 5.95 Å². The zero-order chi connectivity index (χ0) is 32.7. The largest absolute Gasteiger partial charge is 0.416 e. The Bertz CT molecular complexity index is 1610. The highest BCUT2D eigenvalue weighted by Crippen LogP contribution is 2.44. The third kappa shape index (κ3) is 7.14. The summed E-state index contributed by atoms with van der Waals surface area (Å²) in [4.78, 5) is 8.21. The highest BCUT2D eigenvalue weighted by atomic mass is 19.4. The van der Waals surface area contributed by atoms with Crippen molar-refractivity contribution in [3.8, 4) is 0 Å². The molecule has 0 bridgehead atoms. The van der Waals surface area contributed by atoms with Crippen molar-refractivity contribution >= 4 is 11.6 Å². The lowest BCUT2D eigenvalue weighted by atomic mass is 9.94. The van der Waals surface area contributed by atoms with Crippen molar-refractivity contribution in [1.29, 1.82) is 0 Å². The van der Waals surface area contributed by atoms with E-state index < -0.39 is 47.8 Å². The molecule has 16 heteroatoms. The fourth-order valence-electron chi connectivity index (χ4n) is 5.53. The smallest absolute Gasteiger partial charge is 0.367 e. The zero-order valence-electron chi connectivity index (χ0n) is 23.8. The number of pyridine rings is 1. The summed E-state index contributed by atoms with van der Waals surface area (Å²) in [6.07, 6.45) is -11.0. The van der Waals surface area contributed by atoms with Gasteiger partial charge in [0.15, 0.2) is 0 Å². The number of anilines is 2. The molecule has 0 radical (unpaired) electrons. The molecule has 0 amide bonds. The van der Waals surface area contributed by atoms with E-state index in [1.54, 1.807) is 29.4 Å². The zero-order valence-corrected chi connectivity index (χ0v) is 23.8. The van der Waals surface area contributed by atoms with Crippen molar-refractivity contribution in [1.82, 2.24) is 25.2 Å². The van der Waals surface area contributed by atoms with Crippen molar-refractivity contribution < 1.29 is 39.5 Å². The van der Waals surface area contributed by atoms with Crippen LogP contribution in [0.4, 0.5) is 51.1 Å². The van der Waals surface area contributed by atoms with E-state index in [9.17, 15) is 39.5 Å². The van der Waals surface area contributed by atoms with Crippen LogP contribution in [0.1, 0.15) is 57.8 Å². The summed E-state index contributed by atoms with van der Waals surface area (Å²) in [5.41, 5.74) is -2.89. The first-order valence-electron chi connectivity index (χ1n) is 13.7. The second kappa shape index (κ2) is 11.9. The number of nitrogens with zero attached hydrogens (tertiary/aromatic N) is 7. The number of benzene rings is 2. The Kier molecular flexibility index (Phi) is 8.44. The molecule has 1 aliphatic heterocycles. The maximum Gasteiger partial charge on any atom is 0.416 e. The number of alkyl halides is 9. The molecule has 7 nitrogen and oxygen atoms in total. The van der Waals surface area contributed by atoms with Gasteiger partial charge >= 0.3 is 18.5 Å². The monoisotopic (exact) mass is 643 g/mol. The van der Waals surface area contributed by atoms with E-state index in [1.165, 1.54) is 24.9 Å². The molecule has 0 N–H and O–H groups in total. The van der Waals surface area contributed by atoms with Gasteiger partial charge in [-0.05, 0) is 83.6 Å². The van der Waals surface area contributed by atoms with E-state index in [0.29, 0.717) is 30.7 Å². The normalized spacial score (nSPS) is 16.0.